The molecule has 2 aromatic carbocycles. The Labute approximate surface area is 142 Å². The Bertz CT molecular complexity index is 791. The van der Waals surface area contributed by atoms with E-state index in [0.717, 1.165) is 16.3 Å². The van der Waals surface area contributed by atoms with Gasteiger partial charge >= 0.3 is 12.1 Å². The molecule has 0 unspecified atom stereocenters. The van der Waals surface area contributed by atoms with Gasteiger partial charge < -0.3 is 9.84 Å². The minimum Gasteiger partial charge on any atom is -0.496 e. The maximum Gasteiger partial charge on any atom is 0.393 e. The lowest BCUT2D eigenvalue weighted by atomic mass is 9.96. The van der Waals surface area contributed by atoms with E-state index < -0.39 is 24.0 Å². The van der Waals surface area contributed by atoms with E-state index >= 15 is 0 Å². The van der Waals surface area contributed by atoms with Crippen molar-refractivity contribution >= 4 is 16.7 Å². The summed E-state index contributed by atoms with van der Waals surface area (Å²) in [6.45, 7) is -0.240. The Kier molecular flexibility index (Phi) is 4.60. The van der Waals surface area contributed by atoms with E-state index in [1.165, 1.54) is 12.0 Å². The van der Waals surface area contributed by atoms with Crippen molar-refractivity contribution in [2.75, 3.05) is 20.2 Å². The van der Waals surface area contributed by atoms with Gasteiger partial charge in [0.2, 0.25) is 0 Å². The normalized spacial score (nSPS) is 21.6. The van der Waals surface area contributed by atoms with E-state index in [4.69, 9.17) is 9.84 Å². The summed E-state index contributed by atoms with van der Waals surface area (Å²) in [6.07, 6.45) is -4.52. The van der Waals surface area contributed by atoms with Crippen molar-refractivity contribution in [1.82, 2.24) is 4.90 Å². The van der Waals surface area contributed by atoms with E-state index in [2.05, 4.69) is 0 Å². The first-order valence-electron chi connectivity index (χ1n) is 7.87. The van der Waals surface area contributed by atoms with Crippen LogP contribution in [-0.4, -0.2) is 42.4 Å². The highest BCUT2D eigenvalue weighted by Gasteiger charge is 2.52. The number of rotatable bonds is 4. The van der Waals surface area contributed by atoms with Gasteiger partial charge in [0, 0.05) is 25.2 Å². The summed E-state index contributed by atoms with van der Waals surface area (Å²) in [7, 11) is 1.51. The molecule has 7 heteroatoms. The number of likely N-dealkylation sites (tertiary alicyclic amines) is 1. The van der Waals surface area contributed by atoms with E-state index in [0.29, 0.717) is 5.75 Å². The van der Waals surface area contributed by atoms with Crippen LogP contribution in [0.2, 0.25) is 0 Å². The van der Waals surface area contributed by atoms with Crippen LogP contribution >= 0.6 is 0 Å². The van der Waals surface area contributed by atoms with Crippen molar-refractivity contribution in [3.05, 3.63) is 42.0 Å². The van der Waals surface area contributed by atoms with Crippen LogP contribution in [0.25, 0.3) is 10.8 Å². The van der Waals surface area contributed by atoms with Crippen LogP contribution in [0.3, 0.4) is 0 Å². The topological polar surface area (TPSA) is 49.8 Å². The molecule has 4 nitrogen and oxygen atoms in total. The van der Waals surface area contributed by atoms with Gasteiger partial charge in [-0.05, 0) is 22.9 Å². The van der Waals surface area contributed by atoms with Crippen LogP contribution in [0, 0.1) is 11.8 Å². The predicted octanol–water partition coefficient (Wildman–Crippen LogP) is 3.54. The smallest absolute Gasteiger partial charge is 0.393 e. The van der Waals surface area contributed by atoms with E-state index in [9.17, 15) is 18.0 Å². The summed E-state index contributed by atoms with van der Waals surface area (Å²) >= 11 is 0. The summed E-state index contributed by atoms with van der Waals surface area (Å²) in [5, 5.41) is 11.1. The van der Waals surface area contributed by atoms with Crippen molar-refractivity contribution in [3.8, 4) is 5.75 Å². The second-order valence-corrected chi connectivity index (χ2v) is 6.30. The van der Waals surface area contributed by atoms with Crippen molar-refractivity contribution in [2.45, 2.75) is 12.7 Å². The van der Waals surface area contributed by atoms with Crippen molar-refractivity contribution in [1.29, 1.82) is 0 Å². The molecule has 0 amide bonds. The standard InChI is InChI=1S/C18H18F3NO3/c1-25-16-7-12-5-3-2-4-11(12)6-13(16)8-22-9-14(17(23)24)15(10-22)18(19,20)21/h2-7,14-15H,8-10H2,1H3,(H,23,24)/t14-,15-/m1/s1. The van der Waals surface area contributed by atoms with Gasteiger partial charge in [-0.25, -0.2) is 0 Å². The first-order valence-corrected chi connectivity index (χ1v) is 7.87. The first-order chi connectivity index (χ1) is 11.8. The molecule has 0 bridgehead atoms. The number of ether oxygens (including phenoxy) is 1. The monoisotopic (exact) mass is 353 g/mol. The van der Waals surface area contributed by atoms with E-state index in [-0.39, 0.29) is 19.6 Å². The number of aliphatic carboxylic acids is 1. The summed E-state index contributed by atoms with van der Waals surface area (Å²) in [6, 6.07) is 11.3. The highest BCUT2D eigenvalue weighted by molar-refractivity contribution is 5.85. The molecule has 0 saturated carbocycles. The quantitative estimate of drug-likeness (QED) is 0.913. The zero-order valence-corrected chi connectivity index (χ0v) is 13.6. The lowest BCUT2D eigenvalue weighted by Crippen LogP contribution is -2.33. The molecule has 2 atom stereocenters. The Balaban J connectivity index is 1.87. The van der Waals surface area contributed by atoms with Gasteiger partial charge in [0.1, 0.15) is 5.75 Å². The summed E-state index contributed by atoms with van der Waals surface area (Å²) in [5.41, 5.74) is 0.744. The molecule has 0 spiro atoms. The Morgan fingerprint density at radius 3 is 2.40 bits per heavy atom. The van der Waals surface area contributed by atoms with Crippen LogP contribution in [-0.2, 0) is 11.3 Å². The number of fused-ring (bicyclic) bond motifs is 1. The van der Waals surface area contributed by atoms with Crippen molar-refractivity contribution < 1.29 is 27.8 Å². The average Bonchev–Trinajstić information content (AvgIpc) is 2.98. The van der Waals surface area contributed by atoms with Gasteiger partial charge in [-0.1, -0.05) is 24.3 Å². The van der Waals surface area contributed by atoms with Crippen LogP contribution in [0.1, 0.15) is 5.56 Å². The minimum atomic E-state index is -4.52. The first kappa shape index (κ1) is 17.5. The number of hydrogen-bond donors (Lipinski definition) is 1. The molecule has 134 valence electrons. The minimum absolute atomic E-state index is 0.129. The second-order valence-electron chi connectivity index (χ2n) is 6.30. The Hall–Kier alpha value is -2.28. The number of benzene rings is 2. The number of carbonyl (C=O) groups is 1. The summed E-state index contributed by atoms with van der Waals surface area (Å²) in [4.78, 5) is 12.7. The summed E-state index contributed by atoms with van der Waals surface area (Å²) < 4.78 is 44.7. The highest BCUT2D eigenvalue weighted by Crippen LogP contribution is 2.39. The van der Waals surface area contributed by atoms with Gasteiger partial charge in [0.15, 0.2) is 0 Å². The second kappa shape index (κ2) is 6.55. The maximum absolute atomic E-state index is 13.1. The molecule has 1 aliphatic rings. The number of hydrogen-bond acceptors (Lipinski definition) is 3. The van der Waals surface area contributed by atoms with E-state index in [1.807, 2.05) is 36.4 Å². The molecule has 1 heterocycles. The highest BCUT2D eigenvalue weighted by atomic mass is 19.4. The van der Waals surface area contributed by atoms with Gasteiger partial charge in [-0.2, -0.15) is 13.2 Å². The fraction of sp³-hybridized carbons (Fsp3) is 0.389. The van der Waals surface area contributed by atoms with Crippen LogP contribution in [0.5, 0.6) is 5.75 Å². The zero-order valence-electron chi connectivity index (χ0n) is 13.6. The third kappa shape index (κ3) is 3.56. The molecular formula is C18H18F3NO3. The van der Waals surface area contributed by atoms with Gasteiger partial charge in [0.25, 0.3) is 0 Å². The predicted molar refractivity (Wildman–Crippen MR) is 86.4 cm³/mol. The molecule has 1 saturated heterocycles. The fourth-order valence-corrected chi connectivity index (χ4v) is 3.42. The number of methoxy groups -OCH3 is 1. The number of alkyl halides is 3. The molecule has 2 aromatic rings. The zero-order chi connectivity index (χ0) is 18.2. The third-order valence-corrected chi connectivity index (χ3v) is 4.68. The average molecular weight is 353 g/mol. The Morgan fingerprint density at radius 2 is 1.88 bits per heavy atom. The Morgan fingerprint density at radius 1 is 1.24 bits per heavy atom. The SMILES string of the molecule is COc1cc2ccccc2cc1CN1C[C@@H](C(F)(F)F)[C@H](C(=O)O)C1. The number of carboxylic acid groups (broad SMARTS) is 1. The van der Waals surface area contributed by atoms with Gasteiger partial charge in [0.05, 0.1) is 18.9 Å². The van der Waals surface area contributed by atoms with Crippen LogP contribution < -0.4 is 4.74 Å². The molecule has 0 aromatic heterocycles. The molecule has 25 heavy (non-hydrogen) atoms. The molecule has 0 aliphatic carbocycles. The summed E-state index contributed by atoms with van der Waals surface area (Å²) in [5.74, 6) is -4.11. The molecular weight excluding hydrogens is 335 g/mol. The van der Waals surface area contributed by atoms with E-state index in [1.54, 1.807) is 0 Å². The molecule has 1 N–H and O–H groups in total. The lowest BCUT2D eigenvalue weighted by Gasteiger charge is -2.19. The third-order valence-electron chi connectivity index (χ3n) is 4.68. The van der Waals surface area contributed by atoms with Gasteiger partial charge in [-0.15, -0.1) is 0 Å². The molecule has 1 fully saturated rings. The van der Waals surface area contributed by atoms with Crippen LogP contribution in [0.15, 0.2) is 36.4 Å². The molecule has 1 aliphatic heterocycles. The largest absolute Gasteiger partial charge is 0.496 e. The lowest BCUT2D eigenvalue weighted by molar-refractivity contribution is -0.188. The number of nitrogens with zero attached hydrogens (tertiary/aromatic N) is 1. The number of carboxylic acids is 1. The maximum atomic E-state index is 13.1. The number of halogens is 3. The van der Waals surface area contributed by atoms with Gasteiger partial charge in [-0.3, -0.25) is 9.69 Å². The van der Waals surface area contributed by atoms with Crippen LogP contribution in [0.4, 0.5) is 13.2 Å². The van der Waals surface area contributed by atoms with Crippen molar-refractivity contribution in [2.24, 2.45) is 11.8 Å². The van der Waals surface area contributed by atoms with Crippen molar-refractivity contribution in [3.63, 3.8) is 0 Å². The molecule has 0 radical (unpaired) electrons. The fourth-order valence-electron chi connectivity index (χ4n) is 3.42. The molecule has 3 rings (SSSR count).